The van der Waals surface area contributed by atoms with Gasteiger partial charge in [0.2, 0.25) is 11.9 Å². The molecule has 0 bridgehead atoms. The van der Waals surface area contributed by atoms with Gasteiger partial charge in [-0.05, 0) is 30.7 Å². The molecule has 3 aromatic rings. The standard InChI is InChI=1S/C20H18N8O/c1-2-18(29)25-15-3-4-17-14(7-15)11-24-27-19(17)28-6-5-16(12-28)26-20-22-9-13(8-21)10-23-20/h2-4,7,9-11,16H,1,5-6,12H2,(H,25,29)(H,22,23,26). The van der Waals surface area contributed by atoms with E-state index in [2.05, 4.69) is 42.3 Å². The number of rotatable bonds is 5. The third-order valence-corrected chi connectivity index (χ3v) is 4.70. The maximum Gasteiger partial charge on any atom is 0.247 e. The van der Waals surface area contributed by atoms with E-state index in [0.717, 1.165) is 36.1 Å². The zero-order valence-corrected chi connectivity index (χ0v) is 15.5. The molecule has 1 saturated heterocycles. The van der Waals surface area contributed by atoms with E-state index < -0.39 is 0 Å². The van der Waals surface area contributed by atoms with E-state index in [4.69, 9.17) is 5.26 Å². The van der Waals surface area contributed by atoms with Crippen molar-refractivity contribution in [1.82, 2.24) is 20.2 Å². The first-order chi connectivity index (χ1) is 14.2. The topological polar surface area (TPSA) is 120 Å². The van der Waals surface area contributed by atoms with Gasteiger partial charge >= 0.3 is 0 Å². The SMILES string of the molecule is C=CC(=O)Nc1ccc2c(N3CCC(Nc4ncc(C#N)cn4)C3)nncc2c1. The molecule has 9 nitrogen and oxygen atoms in total. The Bertz CT molecular complexity index is 1110. The summed E-state index contributed by atoms with van der Waals surface area (Å²) in [7, 11) is 0. The second-order valence-electron chi connectivity index (χ2n) is 6.65. The van der Waals surface area contributed by atoms with E-state index in [1.807, 2.05) is 24.3 Å². The summed E-state index contributed by atoms with van der Waals surface area (Å²) in [6, 6.07) is 7.80. The van der Waals surface area contributed by atoms with Gasteiger partial charge in [-0.1, -0.05) is 6.58 Å². The number of carbonyl (C=O) groups is 1. The normalized spacial score (nSPS) is 15.7. The first-order valence-electron chi connectivity index (χ1n) is 9.09. The largest absolute Gasteiger partial charge is 0.352 e. The molecule has 29 heavy (non-hydrogen) atoms. The van der Waals surface area contributed by atoms with Crippen LogP contribution >= 0.6 is 0 Å². The zero-order chi connectivity index (χ0) is 20.2. The van der Waals surface area contributed by atoms with Crippen LogP contribution in [0.5, 0.6) is 0 Å². The van der Waals surface area contributed by atoms with Crippen molar-refractivity contribution in [2.45, 2.75) is 12.5 Å². The fourth-order valence-corrected chi connectivity index (χ4v) is 3.29. The quantitative estimate of drug-likeness (QED) is 0.640. The maximum absolute atomic E-state index is 11.5. The lowest BCUT2D eigenvalue weighted by Crippen LogP contribution is -2.27. The number of carbonyl (C=O) groups excluding carboxylic acids is 1. The molecular weight excluding hydrogens is 368 g/mol. The molecule has 1 fully saturated rings. The van der Waals surface area contributed by atoms with E-state index in [-0.39, 0.29) is 11.9 Å². The highest BCUT2D eigenvalue weighted by molar-refractivity contribution is 6.01. The lowest BCUT2D eigenvalue weighted by molar-refractivity contribution is -0.111. The Morgan fingerprint density at radius 1 is 1.31 bits per heavy atom. The van der Waals surface area contributed by atoms with Gasteiger partial charge in [-0.2, -0.15) is 10.4 Å². The van der Waals surface area contributed by atoms with E-state index in [0.29, 0.717) is 17.2 Å². The van der Waals surface area contributed by atoms with Crippen LogP contribution in [0.1, 0.15) is 12.0 Å². The van der Waals surface area contributed by atoms with Gasteiger partial charge < -0.3 is 15.5 Å². The summed E-state index contributed by atoms with van der Waals surface area (Å²) in [5.41, 5.74) is 1.11. The summed E-state index contributed by atoms with van der Waals surface area (Å²) in [6.07, 6.45) is 6.81. The minimum atomic E-state index is -0.259. The number of fused-ring (bicyclic) bond motifs is 1. The van der Waals surface area contributed by atoms with Crippen molar-refractivity contribution < 1.29 is 4.79 Å². The summed E-state index contributed by atoms with van der Waals surface area (Å²) in [4.78, 5) is 22.0. The highest BCUT2D eigenvalue weighted by atomic mass is 16.1. The molecule has 2 N–H and O–H groups in total. The van der Waals surface area contributed by atoms with Crippen LogP contribution in [-0.4, -0.2) is 45.2 Å². The average molecular weight is 386 g/mol. The number of nitrogens with one attached hydrogen (secondary N) is 2. The zero-order valence-electron chi connectivity index (χ0n) is 15.5. The van der Waals surface area contributed by atoms with E-state index in [1.54, 1.807) is 6.20 Å². The van der Waals surface area contributed by atoms with Gasteiger partial charge in [-0.3, -0.25) is 4.79 Å². The van der Waals surface area contributed by atoms with Crippen LogP contribution in [0.15, 0.2) is 49.4 Å². The second-order valence-corrected chi connectivity index (χ2v) is 6.65. The highest BCUT2D eigenvalue weighted by Gasteiger charge is 2.25. The van der Waals surface area contributed by atoms with Crippen molar-refractivity contribution in [3.63, 3.8) is 0 Å². The average Bonchev–Trinajstić information content (AvgIpc) is 3.22. The molecule has 1 atom stereocenters. The van der Waals surface area contributed by atoms with Crippen molar-refractivity contribution >= 4 is 34.1 Å². The van der Waals surface area contributed by atoms with Crippen LogP contribution in [0.4, 0.5) is 17.5 Å². The van der Waals surface area contributed by atoms with E-state index in [9.17, 15) is 4.79 Å². The number of anilines is 3. The lowest BCUT2D eigenvalue weighted by Gasteiger charge is -2.19. The first kappa shape index (κ1) is 18.3. The molecule has 1 aromatic carbocycles. The Hall–Kier alpha value is -4.06. The second kappa shape index (κ2) is 7.90. The summed E-state index contributed by atoms with van der Waals surface area (Å²) in [6.45, 7) is 5.01. The van der Waals surface area contributed by atoms with Crippen molar-refractivity contribution in [3.8, 4) is 6.07 Å². The molecule has 144 valence electrons. The molecule has 0 aliphatic carbocycles. The van der Waals surface area contributed by atoms with Gasteiger partial charge in [0.25, 0.3) is 0 Å². The molecule has 0 radical (unpaired) electrons. The van der Waals surface area contributed by atoms with E-state index in [1.165, 1.54) is 18.5 Å². The van der Waals surface area contributed by atoms with Gasteiger partial charge in [-0.25, -0.2) is 9.97 Å². The minimum Gasteiger partial charge on any atom is -0.352 e. The van der Waals surface area contributed by atoms with Crippen molar-refractivity contribution in [2.75, 3.05) is 28.6 Å². The van der Waals surface area contributed by atoms with Crippen LogP contribution in [-0.2, 0) is 4.79 Å². The van der Waals surface area contributed by atoms with Crippen LogP contribution in [0.25, 0.3) is 10.8 Å². The van der Waals surface area contributed by atoms with Gasteiger partial charge in [0, 0.05) is 35.6 Å². The number of nitriles is 1. The van der Waals surface area contributed by atoms with Crippen LogP contribution in [0.2, 0.25) is 0 Å². The Labute approximate surface area is 167 Å². The number of benzene rings is 1. The Morgan fingerprint density at radius 2 is 2.14 bits per heavy atom. The Morgan fingerprint density at radius 3 is 2.90 bits per heavy atom. The monoisotopic (exact) mass is 386 g/mol. The van der Waals surface area contributed by atoms with E-state index >= 15 is 0 Å². The molecular formula is C20H18N8O. The summed E-state index contributed by atoms with van der Waals surface area (Å²) < 4.78 is 0. The highest BCUT2D eigenvalue weighted by Crippen LogP contribution is 2.29. The minimum absolute atomic E-state index is 0.158. The molecule has 1 amide bonds. The fourth-order valence-electron chi connectivity index (χ4n) is 3.29. The smallest absolute Gasteiger partial charge is 0.247 e. The molecule has 3 heterocycles. The van der Waals surface area contributed by atoms with Crippen molar-refractivity contribution in [1.29, 1.82) is 5.26 Å². The van der Waals surface area contributed by atoms with Gasteiger partial charge in [0.15, 0.2) is 5.82 Å². The van der Waals surface area contributed by atoms with Crippen LogP contribution in [0.3, 0.4) is 0 Å². The molecule has 0 saturated carbocycles. The maximum atomic E-state index is 11.5. The molecule has 1 unspecified atom stereocenters. The summed E-state index contributed by atoms with van der Waals surface area (Å²) in [5, 5.41) is 25.2. The molecule has 1 aliphatic rings. The molecule has 1 aliphatic heterocycles. The third kappa shape index (κ3) is 3.96. The molecule has 2 aromatic heterocycles. The Balaban J connectivity index is 1.50. The Kier molecular flexibility index (Phi) is 4.99. The number of aromatic nitrogens is 4. The van der Waals surface area contributed by atoms with Gasteiger partial charge in [0.05, 0.1) is 24.2 Å². The predicted octanol–water partition coefficient (Wildman–Crippen LogP) is 2.11. The number of hydrogen-bond acceptors (Lipinski definition) is 8. The first-order valence-corrected chi connectivity index (χ1v) is 9.09. The number of hydrogen-bond donors (Lipinski definition) is 2. The van der Waals surface area contributed by atoms with Gasteiger partial charge in [-0.15, -0.1) is 5.10 Å². The summed E-state index contributed by atoms with van der Waals surface area (Å²) >= 11 is 0. The van der Waals surface area contributed by atoms with Crippen molar-refractivity contribution in [3.05, 3.63) is 55.0 Å². The predicted molar refractivity (Wildman–Crippen MR) is 109 cm³/mol. The fraction of sp³-hybridized carbons (Fsp3) is 0.200. The number of amides is 1. The molecule has 9 heteroatoms. The molecule has 0 spiro atoms. The van der Waals surface area contributed by atoms with Crippen molar-refractivity contribution in [2.24, 2.45) is 0 Å². The molecule has 4 rings (SSSR count). The van der Waals surface area contributed by atoms with Crippen LogP contribution in [0, 0.1) is 11.3 Å². The summed E-state index contributed by atoms with van der Waals surface area (Å²) in [5.74, 6) is 1.04. The lowest BCUT2D eigenvalue weighted by atomic mass is 10.1. The number of nitrogens with zero attached hydrogens (tertiary/aromatic N) is 6. The van der Waals surface area contributed by atoms with Crippen LogP contribution < -0.4 is 15.5 Å². The third-order valence-electron chi connectivity index (χ3n) is 4.70. The van der Waals surface area contributed by atoms with Gasteiger partial charge in [0.1, 0.15) is 6.07 Å².